The molecule has 2 rings (SSSR count). The minimum Gasteiger partial charge on any atom is -0.361 e. The molecule has 1 unspecified atom stereocenters. The molecular formula is C13H13ClF2N4. The van der Waals surface area contributed by atoms with Gasteiger partial charge in [-0.3, -0.25) is 0 Å². The van der Waals surface area contributed by atoms with Crippen LogP contribution in [0.15, 0.2) is 30.3 Å². The number of hydrogen-bond donors (Lipinski definition) is 3. The van der Waals surface area contributed by atoms with E-state index in [4.69, 9.17) is 17.4 Å². The van der Waals surface area contributed by atoms with Gasteiger partial charge in [0.15, 0.2) is 23.3 Å². The van der Waals surface area contributed by atoms with Crippen LogP contribution in [-0.2, 0) is 0 Å². The lowest BCUT2D eigenvalue weighted by molar-refractivity contribution is 0.576. The molecule has 20 heavy (non-hydrogen) atoms. The van der Waals surface area contributed by atoms with Crippen molar-refractivity contribution in [1.29, 1.82) is 0 Å². The van der Waals surface area contributed by atoms with Crippen LogP contribution in [0.5, 0.6) is 0 Å². The first-order valence-electron chi connectivity index (χ1n) is 5.86. The highest BCUT2D eigenvalue weighted by Crippen LogP contribution is 2.27. The molecule has 0 aliphatic rings. The van der Waals surface area contributed by atoms with Gasteiger partial charge in [0.1, 0.15) is 0 Å². The fourth-order valence-electron chi connectivity index (χ4n) is 1.78. The van der Waals surface area contributed by atoms with Crippen molar-refractivity contribution in [3.8, 4) is 0 Å². The molecule has 0 saturated heterocycles. The van der Waals surface area contributed by atoms with E-state index in [1.165, 1.54) is 0 Å². The summed E-state index contributed by atoms with van der Waals surface area (Å²) < 4.78 is 26.9. The van der Waals surface area contributed by atoms with Crippen LogP contribution >= 0.6 is 11.6 Å². The summed E-state index contributed by atoms with van der Waals surface area (Å²) in [6.07, 6.45) is 0. The third-order valence-electron chi connectivity index (χ3n) is 2.79. The summed E-state index contributed by atoms with van der Waals surface area (Å²) in [7, 11) is 0. The van der Waals surface area contributed by atoms with Crippen molar-refractivity contribution in [3.63, 3.8) is 0 Å². The maximum Gasteiger partial charge on any atom is 0.178 e. The summed E-state index contributed by atoms with van der Waals surface area (Å²) in [5.74, 6) is 3.11. The van der Waals surface area contributed by atoms with Crippen LogP contribution in [0.4, 0.5) is 20.4 Å². The van der Waals surface area contributed by atoms with Crippen LogP contribution in [-0.4, -0.2) is 4.98 Å². The van der Waals surface area contributed by atoms with E-state index in [-0.39, 0.29) is 17.7 Å². The summed E-state index contributed by atoms with van der Waals surface area (Å²) in [6.45, 7) is 1.79. The lowest BCUT2D eigenvalue weighted by atomic mass is 10.1. The number of rotatable bonds is 4. The summed E-state index contributed by atoms with van der Waals surface area (Å²) in [5.41, 5.74) is 2.85. The molecule has 106 valence electrons. The number of anilines is 2. The van der Waals surface area contributed by atoms with Crippen molar-refractivity contribution in [2.75, 3.05) is 10.7 Å². The third kappa shape index (κ3) is 2.97. The Bertz CT molecular complexity index is 621. The fourth-order valence-corrected chi connectivity index (χ4v) is 2.08. The number of benzene rings is 1. The minimum absolute atomic E-state index is 0.105. The predicted molar refractivity (Wildman–Crippen MR) is 75.5 cm³/mol. The largest absolute Gasteiger partial charge is 0.361 e. The molecule has 4 nitrogen and oxygen atoms in total. The highest BCUT2D eigenvalue weighted by atomic mass is 35.5. The van der Waals surface area contributed by atoms with Crippen molar-refractivity contribution in [2.24, 2.45) is 5.84 Å². The number of nitrogens with two attached hydrogens (primary N) is 1. The summed E-state index contributed by atoms with van der Waals surface area (Å²) >= 11 is 6.06. The Morgan fingerprint density at radius 1 is 1.20 bits per heavy atom. The summed E-state index contributed by atoms with van der Waals surface area (Å²) in [4.78, 5) is 3.75. The maximum absolute atomic E-state index is 13.7. The van der Waals surface area contributed by atoms with E-state index in [0.29, 0.717) is 11.1 Å². The molecule has 0 spiro atoms. The molecule has 0 radical (unpaired) electrons. The van der Waals surface area contributed by atoms with Gasteiger partial charge in [-0.25, -0.2) is 19.6 Å². The smallest absolute Gasteiger partial charge is 0.178 e. The monoisotopic (exact) mass is 298 g/mol. The minimum atomic E-state index is -0.860. The number of hydrazine groups is 1. The Hall–Kier alpha value is -1.92. The second-order valence-corrected chi connectivity index (χ2v) is 4.59. The quantitative estimate of drug-likeness (QED) is 0.597. The Morgan fingerprint density at radius 2 is 1.85 bits per heavy atom. The second-order valence-electron chi connectivity index (χ2n) is 4.18. The van der Waals surface area contributed by atoms with Gasteiger partial charge >= 0.3 is 0 Å². The van der Waals surface area contributed by atoms with Gasteiger partial charge in [0, 0.05) is 11.1 Å². The number of hydrogen-bond acceptors (Lipinski definition) is 4. The van der Waals surface area contributed by atoms with Gasteiger partial charge in [-0.2, -0.15) is 0 Å². The van der Waals surface area contributed by atoms with Crippen molar-refractivity contribution < 1.29 is 8.78 Å². The lowest BCUT2D eigenvalue weighted by Gasteiger charge is -2.17. The van der Waals surface area contributed by atoms with Gasteiger partial charge in [-0.05, 0) is 18.6 Å². The van der Waals surface area contributed by atoms with Crippen LogP contribution in [0, 0.1) is 11.6 Å². The number of nitrogen functional groups attached to an aromatic ring is 1. The third-order valence-corrected chi connectivity index (χ3v) is 3.14. The van der Waals surface area contributed by atoms with E-state index in [1.807, 2.05) is 12.1 Å². The van der Waals surface area contributed by atoms with Crippen molar-refractivity contribution in [2.45, 2.75) is 13.0 Å². The van der Waals surface area contributed by atoms with E-state index < -0.39 is 11.6 Å². The molecule has 0 amide bonds. The van der Waals surface area contributed by atoms with E-state index in [9.17, 15) is 8.78 Å². The topological polar surface area (TPSA) is 63.0 Å². The molecule has 4 N–H and O–H groups in total. The summed E-state index contributed by atoms with van der Waals surface area (Å²) in [5, 5.41) is 3.38. The molecule has 1 atom stereocenters. The molecule has 2 aromatic rings. The molecule has 0 aliphatic carbocycles. The van der Waals surface area contributed by atoms with Crippen LogP contribution in [0.3, 0.4) is 0 Å². The molecule has 7 heteroatoms. The first-order chi connectivity index (χ1) is 9.52. The Balaban J connectivity index is 2.28. The van der Waals surface area contributed by atoms with Crippen LogP contribution in [0.1, 0.15) is 18.5 Å². The van der Waals surface area contributed by atoms with E-state index in [1.54, 1.807) is 19.1 Å². The van der Waals surface area contributed by atoms with Crippen LogP contribution < -0.4 is 16.6 Å². The zero-order valence-corrected chi connectivity index (χ0v) is 11.4. The van der Waals surface area contributed by atoms with Crippen LogP contribution in [0.2, 0.25) is 5.02 Å². The van der Waals surface area contributed by atoms with Gasteiger partial charge < -0.3 is 10.7 Å². The first-order valence-corrected chi connectivity index (χ1v) is 6.24. The van der Waals surface area contributed by atoms with Crippen molar-refractivity contribution in [3.05, 3.63) is 52.6 Å². The van der Waals surface area contributed by atoms with Crippen LogP contribution in [0.25, 0.3) is 0 Å². The summed E-state index contributed by atoms with van der Waals surface area (Å²) in [6, 6.07) is 7.57. The number of pyridine rings is 1. The number of nitrogens with zero attached hydrogens (tertiary/aromatic N) is 1. The number of aromatic nitrogens is 1. The maximum atomic E-state index is 13.7. The van der Waals surface area contributed by atoms with E-state index in [0.717, 1.165) is 5.56 Å². The van der Waals surface area contributed by atoms with E-state index >= 15 is 0 Å². The number of halogens is 3. The molecule has 0 bridgehead atoms. The molecule has 0 fully saturated rings. The standard InChI is InChI=1S/C13H13ClF2N4/c1-7(8-4-2-3-5-9(8)14)18-12-10(15)6-11(16)13(19-12)20-17/h2-7H,17H2,1H3,(H2,18,19,20). The van der Waals surface area contributed by atoms with Gasteiger partial charge in [0.2, 0.25) is 0 Å². The number of nitrogens with one attached hydrogen (secondary N) is 2. The van der Waals surface area contributed by atoms with Crippen molar-refractivity contribution >= 4 is 23.2 Å². The van der Waals surface area contributed by atoms with Crippen molar-refractivity contribution in [1.82, 2.24) is 4.98 Å². The lowest BCUT2D eigenvalue weighted by Crippen LogP contribution is -2.15. The first kappa shape index (κ1) is 14.5. The average molecular weight is 299 g/mol. The Morgan fingerprint density at radius 3 is 2.50 bits per heavy atom. The van der Waals surface area contributed by atoms with Gasteiger partial charge in [0.25, 0.3) is 0 Å². The molecule has 0 aliphatic heterocycles. The molecule has 1 aromatic heterocycles. The zero-order valence-electron chi connectivity index (χ0n) is 10.6. The molecule has 1 heterocycles. The Labute approximate surface area is 119 Å². The molecular weight excluding hydrogens is 286 g/mol. The molecule has 1 aromatic carbocycles. The fraction of sp³-hybridized carbons (Fsp3) is 0.154. The normalized spacial score (nSPS) is 12.1. The second kappa shape index (κ2) is 6.02. The van der Waals surface area contributed by atoms with Gasteiger partial charge in [-0.1, -0.05) is 29.8 Å². The molecule has 0 saturated carbocycles. The van der Waals surface area contributed by atoms with E-state index in [2.05, 4.69) is 15.7 Å². The van der Waals surface area contributed by atoms with Gasteiger partial charge in [0.05, 0.1) is 6.04 Å². The Kier molecular flexibility index (Phi) is 4.36. The highest BCUT2D eigenvalue weighted by molar-refractivity contribution is 6.31. The zero-order chi connectivity index (χ0) is 14.7. The predicted octanol–water partition coefficient (Wildman–Crippen LogP) is 3.47. The average Bonchev–Trinajstić information content (AvgIpc) is 2.42. The SMILES string of the molecule is CC(Nc1nc(NN)c(F)cc1F)c1ccccc1Cl. The highest BCUT2D eigenvalue weighted by Gasteiger charge is 2.15. The van der Waals surface area contributed by atoms with Gasteiger partial charge in [-0.15, -0.1) is 0 Å².